The average molecular weight is 438 g/mol. The zero-order valence-corrected chi connectivity index (χ0v) is 18.4. The molecule has 2 aromatic rings. The van der Waals surface area contributed by atoms with Gasteiger partial charge in [-0.2, -0.15) is 4.98 Å². The van der Waals surface area contributed by atoms with Gasteiger partial charge in [-0.1, -0.05) is 13.8 Å². The monoisotopic (exact) mass is 438 g/mol. The van der Waals surface area contributed by atoms with Gasteiger partial charge in [0.05, 0.1) is 12.9 Å². The maximum absolute atomic E-state index is 12.4. The van der Waals surface area contributed by atoms with E-state index in [4.69, 9.17) is 19.9 Å². The highest BCUT2D eigenvalue weighted by molar-refractivity contribution is 5.81. The summed E-state index contributed by atoms with van der Waals surface area (Å²) in [5.41, 5.74) is 4.87. The van der Waals surface area contributed by atoms with Crippen LogP contribution >= 0.6 is 0 Å². The molecule has 172 valence electrons. The van der Waals surface area contributed by atoms with Gasteiger partial charge in [0, 0.05) is 0 Å². The van der Waals surface area contributed by atoms with E-state index < -0.39 is 29.3 Å². The molecule has 2 heterocycles. The zero-order chi connectivity index (χ0) is 23.2. The van der Waals surface area contributed by atoms with Crippen LogP contribution in [0, 0.1) is 5.92 Å². The van der Waals surface area contributed by atoms with Crippen molar-refractivity contribution in [3.05, 3.63) is 16.7 Å². The number of carbonyl (C=O) groups is 2. The first kappa shape index (κ1) is 24.1. The minimum atomic E-state index is -0.827. The minimum Gasteiger partial charge on any atom is -0.462 e. The van der Waals surface area contributed by atoms with Crippen molar-refractivity contribution >= 4 is 29.2 Å². The molecular formula is C19H30N6O6. The number of hydrogen-bond donors (Lipinski definition) is 3. The van der Waals surface area contributed by atoms with Crippen LogP contribution < -0.4 is 16.6 Å². The zero-order valence-electron chi connectivity index (χ0n) is 18.4. The normalized spacial score (nSPS) is 12.7. The predicted octanol–water partition coefficient (Wildman–Crippen LogP) is 1.16. The summed E-state index contributed by atoms with van der Waals surface area (Å²) in [5.74, 6) is -0.444. The number of H-pyrrole nitrogens is 1. The highest BCUT2D eigenvalue weighted by Gasteiger charge is 2.26. The fourth-order valence-electron chi connectivity index (χ4n) is 2.67. The summed E-state index contributed by atoms with van der Waals surface area (Å²) in [5, 5.41) is 2.56. The number of carbonyl (C=O) groups excluding carboxylic acids is 2. The van der Waals surface area contributed by atoms with Gasteiger partial charge < -0.3 is 25.3 Å². The number of aromatic nitrogens is 4. The molecule has 1 amide bonds. The standard InChI is InChI=1S/C19H30N6O6/c1-11(2)8-12(22-18(28)31-19(3,4)5)16(27)30-7-6-29-10-25-9-21-13-14(25)23-17(20)24-15(13)26/h9,11-12H,6-8,10H2,1-5H3,(H,22,28)(H3,20,23,24,26)/t12-/m0/s1. The smallest absolute Gasteiger partial charge is 0.408 e. The first-order valence-electron chi connectivity index (χ1n) is 9.91. The lowest BCUT2D eigenvalue weighted by Crippen LogP contribution is -2.45. The van der Waals surface area contributed by atoms with Crippen molar-refractivity contribution in [1.82, 2.24) is 24.8 Å². The number of amides is 1. The second-order valence-electron chi connectivity index (χ2n) is 8.37. The maximum atomic E-state index is 12.4. The third-order valence-electron chi connectivity index (χ3n) is 3.88. The van der Waals surface area contributed by atoms with Crippen LogP contribution in [0.4, 0.5) is 10.7 Å². The molecule has 2 aromatic heterocycles. The molecule has 0 saturated carbocycles. The number of aromatic amines is 1. The number of nitrogens with one attached hydrogen (secondary N) is 2. The van der Waals surface area contributed by atoms with E-state index in [2.05, 4.69) is 20.3 Å². The van der Waals surface area contributed by atoms with Crippen molar-refractivity contribution in [2.45, 2.75) is 59.4 Å². The van der Waals surface area contributed by atoms with Crippen LogP contribution in [-0.4, -0.2) is 56.4 Å². The van der Waals surface area contributed by atoms with Crippen LogP contribution in [0.2, 0.25) is 0 Å². The van der Waals surface area contributed by atoms with Gasteiger partial charge in [-0.3, -0.25) is 14.3 Å². The molecule has 0 saturated heterocycles. The van der Waals surface area contributed by atoms with Crippen LogP contribution in [0.3, 0.4) is 0 Å². The summed E-state index contributed by atoms with van der Waals surface area (Å²) in [6, 6.07) is -0.827. The lowest BCUT2D eigenvalue weighted by Gasteiger charge is -2.23. The Kier molecular flexibility index (Phi) is 7.97. The molecule has 0 bridgehead atoms. The Bertz CT molecular complexity index is 961. The summed E-state index contributed by atoms with van der Waals surface area (Å²) < 4.78 is 17.4. The molecule has 0 aliphatic carbocycles. The molecule has 0 spiro atoms. The number of ether oxygens (including phenoxy) is 3. The van der Waals surface area contributed by atoms with Gasteiger partial charge >= 0.3 is 12.1 Å². The number of alkyl carbamates (subject to hydrolysis) is 1. The van der Waals surface area contributed by atoms with Crippen molar-refractivity contribution in [1.29, 1.82) is 0 Å². The van der Waals surface area contributed by atoms with Crippen LogP contribution in [-0.2, 0) is 25.7 Å². The molecule has 0 aliphatic rings. The van der Waals surface area contributed by atoms with Crippen LogP contribution in [0.5, 0.6) is 0 Å². The Balaban J connectivity index is 1.83. The van der Waals surface area contributed by atoms with Gasteiger partial charge in [0.25, 0.3) is 5.56 Å². The van der Waals surface area contributed by atoms with Crippen molar-refractivity contribution in [3.8, 4) is 0 Å². The third-order valence-corrected chi connectivity index (χ3v) is 3.88. The summed E-state index contributed by atoms with van der Waals surface area (Å²) in [4.78, 5) is 46.5. The molecule has 0 radical (unpaired) electrons. The molecule has 0 fully saturated rings. The topological polar surface area (TPSA) is 163 Å². The highest BCUT2D eigenvalue weighted by atomic mass is 16.6. The molecule has 12 nitrogen and oxygen atoms in total. The number of imidazole rings is 1. The van der Waals surface area contributed by atoms with E-state index in [1.165, 1.54) is 10.9 Å². The van der Waals surface area contributed by atoms with Gasteiger partial charge in [-0.15, -0.1) is 0 Å². The number of nitrogen functional groups attached to an aromatic ring is 1. The Morgan fingerprint density at radius 1 is 1.29 bits per heavy atom. The number of nitrogens with zero attached hydrogens (tertiary/aromatic N) is 3. The maximum Gasteiger partial charge on any atom is 0.408 e. The van der Waals surface area contributed by atoms with E-state index in [-0.39, 0.29) is 43.0 Å². The molecule has 31 heavy (non-hydrogen) atoms. The SMILES string of the molecule is CC(C)C[C@H](NC(=O)OC(C)(C)C)C(=O)OCCOCn1cnc2c(=O)[nH]c(N)nc21. The largest absolute Gasteiger partial charge is 0.462 e. The van der Waals surface area contributed by atoms with Crippen molar-refractivity contribution in [3.63, 3.8) is 0 Å². The fraction of sp³-hybridized carbons (Fsp3) is 0.632. The van der Waals surface area contributed by atoms with Crippen molar-refractivity contribution in [2.75, 3.05) is 18.9 Å². The van der Waals surface area contributed by atoms with Gasteiger partial charge in [0.2, 0.25) is 5.95 Å². The summed E-state index contributed by atoms with van der Waals surface area (Å²) in [7, 11) is 0. The first-order valence-corrected chi connectivity index (χ1v) is 9.91. The molecule has 0 aliphatic heterocycles. The predicted molar refractivity (Wildman–Crippen MR) is 112 cm³/mol. The van der Waals surface area contributed by atoms with Crippen LogP contribution in [0.1, 0.15) is 41.0 Å². The summed E-state index contributed by atoms with van der Waals surface area (Å²) in [6.45, 7) is 9.19. The number of rotatable bonds is 9. The van der Waals surface area contributed by atoms with Gasteiger partial charge in [-0.05, 0) is 33.1 Å². The molecule has 0 aromatic carbocycles. The summed E-state index contributed by atoms with van der Waals surface area (Å²) in [6.07, 6.45) is 1.13. The first-order chi connectivity index (χ1) is 14.5. The number of fused-ring (bicyclic) bond motifs is 1. The molecule has 0 unspecified atom stereocenters. The second-order valence-corrected chi connectivity index (χ2v) is 8.37. The molecule has 12 heteroatoms. The number of hydrogen-bond acceptors (Lipinski definition) is 9. The molecular weight excluding hydrogens is 408 g/mol. The molecule has 4 N–H and O–H groups in total. The van der Waals surface area contributed by atoms with E-state index in [0.717, 1.165) is 0 Å². The average Bonchev–Trinajstić information content (AvgIpc) is 3.02. The van der Waals surface area contributed by atoms with Crippen molar-refractivity contribution in [2.24, 2.45) is 5.92 Å². The Hall–Kier alpha value is -3.15. The molecule has 2 rings (SSSR count). The van der Waals surface area contributed by atoms with Gasteiger partial charge in [-0.25, -0.2) is 14.6 Å². The van der Waals surface area contributed by atoms with E-state index in [1.54, 1.807) is 20.8 Å². The Morgan fingerprint density at radius 3 is 2.65 bits per heavy atom. The number of anilines is 1. The van der Waals surface area contributed by atoms with Crippen LogP contribution in [0.25, 0.3) is 11.2 Å². The Labute approximate surface area is 179 Å². The quantitative estimate of drug-likeness (QED) is 0.385. The lowest BCUT2D eigenvalue weighted by atomic mass is 10.0. The lowest BCUT2D eigenvalue weighted by molar-refractivity contribution is -0.148. The van der Waals surface area contributed by atoms with Gasteiger partial charge in [0.15, 0.2) is 11.2 Å². The van der Waals surface area contributed by atoms with E-state index in [1.807, 2.05) is 13.8 Å². The van der Waals surface area contributed by atoms with Crippen molar-refractivity contribution < 1.29 is 23.8 Å². The second kappa shape index (κ2) is 10.2. The van der Waals surface area contributed by atoms with Gasteiger partial charge in [0.1, 0.15) is 25.0 Å². The third kappa shape index (κ3) is 7.55. The van der Waals surface area contributed by atoms with E-state index in [9.17, 15) is 14.4 Å². The minimum absolute atomic E-state index is 0.0216. The highest BCUT2D eigenvalue weighted by Crippen LogP contribution is 2.11. The van der Waals surface area contributed by atoms with E-state index >= 15 is 0 Å². The number of esters is 1. The number of nitrogens with two attached hydrogens (primary N) is 1. The molecule has 1 atom stereocenters. The van der Waals surface area contributed by atoms with Crippen LogP contribution in [0.15, 0.2) is 11.1 Å². The fourth-order valence-corrected chi connectivity index (χ4v) is 2.67. The Morgan fingerprint density at radius 2 is 2.00 bits per heavy atom. The van der Waals surface area contributed by atoms with E-state index in [0.29, 0.717) is 6.42 Å². The summed E-state index contributed by atoms with van der Waals surface area (Å²) >= 11 is 0.